The van der Waals surface area contributed by atoms with Crippen molar-refractivity contribution in [3.63, 3.8) is 0 Å². The summed E-state index contributed by atoms with van der Waals surface area (Å²) in [5.41, 5.74) is 0.707. The highest BCUT2D eigenvalue weighted by atomic mass is 32.2. The number of phenols is 1. The summed E-state index contributed by atoms with van der Waals surface area (Å²) >= 11 is 0. The van der Waals surface area contributed by atoms with Gasteiger partial charge >= 0.3 is 0 Å². The summed E-state index contributed by atoms with van der Waals surface area (Å²) in [5, 5.41) is 10.6. The van der Waals surface area contributed by atoms with Gasteiger partial charge in [-0.3, -0.25) is 0 Å². The Morgan fingerprint density at radius 2 is 1.76 bits per heavy atom. The molecular weight excluding hydrogens is 332 g/mol. The van der Waals surface area contributed by atoms with Crippen molar-refractivity contribution in [3.05, 3.63) is 23.8 Å². The minimum atomic E-state index is -3.36. The lowest BCUT2D eigenvalue weighted by molar-refractivity contribution is -0.0984. The van der Waals surface area contributed by atoms with Crippen LogP contribution in [0.25, 0.3) is 0 Å². The first-order valence-electron chi connectivity index (χ1n) is 9.58. The highest BCUT2D eigenvalue weighted by molar-refractivity contribution is 7.91. The third-order valence-electron chi connectivity index (χ3n) is 8.09. The predicted molar refractivity (Wildman–Crippen MR) is 99.5 cm³/mol. The Balaban J connectivity index is 1.94. The molecule has 0 bridgehead atoms. The van der Waals surface area contributed by atoms with Gasteiger partial charge in [0.25, 0.3) is 0 Å². The van der Waals surface area contributed by atoms with Crippen LogP contribution in [0.1, 0.15) is 65.4 Å². The summed E-state index contributed by atoms with van der Waals surface area (Å²) in [5.74, 6) is 1.01. The van der Waals surface area contributed by atoms with E-state index in [2.05, 4.69) is 27.7 Å². The molecule has 0 unspecified atom stereocenters. The number of aromatic hydroxyl groups is 1. The van der Waals surface area contributed by atoms with Crippen molar-refractivity contribution < 1.29 is 13.5 Å². The van der Waals surface area contributed by atoms with Crippen LogP contribution in [0.5, 0.6) is 5.75 Å². The van der Waals surface area contributed by atoms with Crippen molar-refractivity contribution in [1.29, 1.82) is 0 Å². The van der Waals surface area contributed by atoms with Crippen molar-refractivity contribution in [1.82, 2.24) is 0 Å². The molecule has 3 aliphatic rings. The molecule has 4 rings (SSSR count). The first-order chi connectivity index (χ1) is 11.5. The number of phenolic OH excluding ortho intramolecular Hbond substituents is 1. The summed E-state index contributed by atoms with van der Waals surface area (Å²) in [7, 11) is -3.36. The Morgan fingerprint density at radius 3 is 2.48 bits per heavy atom. The normalized spacial score (nSPS) is 41.3. The molecule has 1 N–H and O–H groups in total. The molecule has 3 nitrogen and oxygen atoms in total. The van der Waals surface area contributed by atoms with Gasteiger partial charge in [0.15, 0.2) is 9.84 Å². The number of fused-ring (bicyclic) bond motifs is 5. The van der Waals surface area contributed by atoms with Crippen LogP contribution in [0.3, 0.4) is 0 Å². The van der Waals surface area contributed by atoms with Crippen molar-refractivity contribution in [2.45, 2.75) is 70.1 Å². The highest BCUT2D eigenvalue weighted by Crippen LogP contribution is 2.67. The van der Waals surface area contributed by atoms with E-state index in [1.807, 2.05) is 0 Å². The Hall–Kier alpha value is -1.03. The summed E-state index contributed by atoms with van der Waals surface area (Å²) in [6.45, 7) is 9.26. The van der Waals surface area contributed by atoms with E-state index in [-0.39, 0.29) is 33.7 Å². The van der Waals surface area contributed by atoms with E-state index in [4.69, 9.17) is 0 Å². The molecular formula is C21H30O3S. The van der Waals surface area contributed by atoms with E-state index >= 15 is 0 Å². The zero-order valence-corrected chi connectivity index (χ0v) is 16.6. The van der Waals surface area contributed by atoms with Crippen molar-refractivity contribution in [2.75, 3.05) is 5.75 Å². The van der Waals surface area contributed by atoms with E-state index in [0.717, 1.165) is 19.3 Å². The van der Waals surface area contributed by atoms with Crippen LogP contribution in [-0.2, 0) is 15.3 Å². The molecule has 0 amide bonds. The molecule has 138 valence electrons. The van der Waals surface area contributed by atoms with Gasteiger partial charge in [-0.15, -0.1) is 0 Å². The van der Waals surface area contributed by atoms with Crippen LogP contribution >= 0.6 is 0 Å². The minimum absolute atomic E-state index is 0.0157. The van der Waals surface area contributed by atoms with E-state index in [1.54, 1.807) is 18.2 Å². The van der Waals surface area contributed by atoms with Crippen molar-refractivity contribution in [3.8, 4) is 5.75 Å². The first kappa shape index (κ1) is 17.4. The second-order valence-corrected chi connectivity index (χ2v) is 11.8. The zero-order chi connectivity index (χ0) is 18.3. The standard InChI is InChI=1S/C21H30O3S/c1-19(2)10-6-11-20(3)16(19)9-12-21(4)17(20)13-25(23,24)15-8-5-7-14(22)18(15)21/h5,7-8,16-17,22H,6,9-13H2,1-4H3/t16-,17+,20-,21+/m0/s1. The maximum absolute atomic E-state index is 13.1. The molecule has 0 spiro atoms. The summed E-state index contributed by atoms with van der Waals surface area (Å²) in [4.78, 5) is 0.364. The van der Waals surface area contributed by atoms with Gasteiger partial charge in [-0.25, -0.2) is 8.42 Å². The molecule has 2 aliphatic carbocycles. The average Bonchev–Trinajstić information content (AvgIpc) is 2.49. The first-order valence-corrected chi connectivity index (χ1v) is 11.2. The van der Waals surface area contributed by atoms with Gasteiger partial charge in [0.05, 0.1) is 10.6 Å². The molecule has 0 saturated heterocycles. The van der Waals surface area contributed by atoms with Gasteiger partial charge in [0.2, 0.25) is 0 Å². The highest BCUT2D eigenvalue weighted by Gasteiger charge is 2.62. The van der Waals surface area contributed by atoms with E-state index in [9.17, 15) is 13.5 Å². The SMILES string of the molecule is CC1(C)CCC[C@]2(C)[C@H]3CS(=O)(=O)c4cccc(O)c4[C@]3(C)CC[C@@H]12. The second-order valence-electron chi connectivity index (χ2n) is 9.84. The molecule has 2 fully saturated rings. The third kappa shape index (κ3) is 2.19. The predicted octanol–water partition coefficient (Wildman–Crippen LogP) is 4.68. The molecule has 0 aromatic heterocycles. The number of hydrogen-bond acceptors (Lipinski definition) is 3. The fourth-order valence-corrected chi connectivity index (χ4v) is 9.29. The topological polar surface area (TPSA) is 54.4 Å². The fourth-order valence-electron chi connectivity index (χ4n) is 6.99. The Labute approximate surface area is 151 Å². The van der Waals surface area contributed by atoms with Crippen LogP contribution in [0.2, 0.25) is 0 Å². The fraction of sp³-hybridized carbons (Fsp3) is 0.714. The second kappa shape index (κ2) is 5.03. The summed E-state index contributed by atoms with van der Waals surface area (Å²) in [6.07, 6.45) is 5.57. The van der Waals surface area contributed by atoms with Crippen LogP contribution in [-0.4, -0.2) is 19.3 Å². The van der Waals surface area contributed by atoms with Gasteiger partial charge in [0, 0.05) is 11.0 Å². The monoisotopic (exact) mass is 362 g/mol. The van der Waals surface area contributed by atoms with Crippen LogP contribution in [0.15, 0.2) is 23.1 Å². The van der Waals surface area contributed by atoms with Crippen LogP contribution in [0, 0.1) is 22.7 Å². The maximum Gasteiger partial charge on any atom is 0.179 e. The van der Waals surface area contributed by atoms with Gasteiger partial charge in [-0.2, -0.15) is 0 Å². The van der Waals surface area contributed by atoms with Gasteiger partial charge in [-0.1, -0.05) is 40.2 Å². The van der Waals surface area contributed by atoms with Crippen molar-refractivity contribution >= 4 is 9.84 Å². The van der Waals surface area contributed by atoms with E-state index in [0.29, 0.717) is 16.4 Å². The Bertz CT molecular complexity index is 826. The molecule has 1 heterocycles. The van der Waals surface area contributed by atoms with Gasteiger partial charge in [-0.05, 0) is 60.5 Å². The van der Waals surface area contributed by atoms with E-state index in [1.165, 1.54) is 12.8 Å². The van der Waals surface area contributed by atoms with Gasteiger partial charge < -0.3 is 5.11 Å². The Morgan fingerprint density at radius 1 is 1.04 bits per heavy atom. The maximum atomic E-state index is 13.1. The molecule has 2 saturated carbocycles. The third-order valence-corrected chi connectivity index (χ3v) is 9.87. The lowest BCUT2D eigenvalue weighted by Gasteiger charge is -2.63. The number of rotatable bonds is 0. The lowest BCUT2D eigenvalue weighted by Crippen LogP contribution is -2.59. The molecule has 0 radical (unpaired) electrons. The number of benzene rings is 1. The molecule has 1 aromatic rings. The van der Waals surface area contributed by atoms with E-state index < -0.39 is 9.84 Å². The largest absolute Gasteiger partial charge is 0.508 e. The lowest BCUT2D eigenvalue weighted by atomic mass is 9.43. The number of sulfone groups is 1. The molecule has 25 heavy (non-hydrogen) atoms. The molecule has 1 aromatic carbocycles. The molecule has 1 aliphatic heterocycles. The smallest absolute Gasteiger partial charge is 0.179 e. The zero-order valence-electron chi connectivity index (χ0n) is 15.8. The van der Waals surface area contributed by atoms with Crippen LogP contribution < -0.4 is 0 Å². The van der Waals surface area contributed by atoms with Crippen molar-refractivity contribution in [2.24, 2.45) is 22.7 Å². The van der Waals surface area contributed by atoms with Crippen LogP contribution in [0.4, 0.5) is 0 Å². The number of hydrogen-bond donors (Lipinski definition) is 1. The quantitative estimate of drug-likeness (QED) is 0.729. The minimum Gasteiger partial charge on any atom is -0.508 e. The molecule has 4 heteroatoms. The average molecular weight is 363 g/mol. The summed E-state index contributed by atoms with van der Waals surface area (Å²) < 4.78 is 26.2. The summed E-state index contributed by atoms with van der Waals surface area (Å²) in [6, 6.07) is 5.00. The van der Waals surface area contributed by atoms with Gasteiger partial charge in [0.1, 0.15) is 5.75 Å². The molecule has 4 atom stereocenters. The Kier molecular flexibility index (Phi) is 3.50.